The van der Waals surface area contributed by atoms with Crippen molar-refractivity contribution in [2.75, 3.05) is 18.6 Å². The van der Waals surface area contributed by atoms with Crippen molar-refractivity contribution in [2.24, 2.45) is 0 Å². The Hall–Kier alpha value is -3.21. The third-order valence-electron chi connectivity index (χ3n) is 4.19. The highest BCUT2D eigenvalue weighted by molar-refractivity contribution is 6.06. The molecular weight excluding hydrogens is 348 g/mol. The smallest absolute Gasteiger partial charge is 0.258 e. The topological polar surface area (TPSA) is 29.5 Å². The molecule has 0 N–H and O–H groups in total. The van der Waals surface area contributed by atoms with E-state index < -0.39 is 11.6 Å². The molecule has 3 rings (SSSR count). The van der Waals surface area contributed by atoms with E-state index in [1.54, 1.807) is 25.3 Å². The van der Waals surface area contributed by atoms with Gasteiger partial charge in [-0.3, -0.25) is 4.79 Å². The molecule has 27 heavy (non-hydrogen) atoms. The van der Waals surface area contributed by atoms with E-state index in [9.17, 15) is 13.6 Å². The monoisotopic (exact) mass is 367 g/mol. The van der Waals surface area contributed by atoms with Gasteiger partial charge in [-0.25, -0.2) is 8.78 Å². The van der Waals surface area contributed by atoms with Crippen molar-refractivity contribution in [2.45, 2.75) is 6.42 Å². The van der Waals surface area contributed by atoms with Gasteiger partial charge >= 0.3 is 0 Å². The number of amides is 1. The van der Waals surface area contributed by atoms with Crippen LogP contribution in [0.2, 0.25) is 0 Å². The lowest BCUT2D eigenvalue weighted by Crippen LogP contribution is -2.33. The van der Waals surface area contributed by atoms with E-state index in [4.69, 9.17) is 4.74 Å². The number of anilines is 1. The van der Waals surface area contributed by atoms with Crippen molar-refractivity contribution in [1.82, 2.24) is 0 Å². The first kappa shape index (κ1) is 18.6. The lowest BCUT2D eigenvalue weighted by molar-refractivity contribution is 0.0986. The molecule has 0 bridgehead atoms. The summed E-state index contributed by atoms with van der Waals surface area (Å²) >= 11 is 0. The third-order valence-corrected chi connectivity index (χ3v) is 4.19. The number of nitrogens with zero attached hydrogens (tertiary/aromatic N) is 1. The summed E-state index contributed by atoms with van der Waals surface area (Å²) < 4.78 is 32.5. The molecule has 0 aliphatic heterocycles. The summed E-state index contributed by atoms with van der Waals surface area (Å²) in [6.45, 7) is 0.311. The molecule has 3 aromatic carbocycles. The fraction of sp³-hybridized carbons (Fsp3) is 0.136. The summed E-state index contributed by atoms with van der Waals surface area (Å²) in [7, 11) is 1.59. The Kier molecular flexibility index (Phi) is 5.81. The molecule has 3 nitrogen and oxygen atoms in total. The zero-order valence-corrected chi connectivity index (χ0v) is 14.9. The minimum absolute atomic E-state index is 0.213. The largest absolute Gasteiger partial charge is 0.497 e. The number of rotatable bonds is 6. The fourth-order valence-electron chi connectivity index (χ4n) is 2.84. The molecule has 0 saturated carbocycles. The van der Waals surface area contributed by atoms with Gasteiger partial charge in [0.1, 0.15) is 17.4 Å². The molecule has 0 aliphatic rings. The maximum absolute atomic E-state index is 13.7. The van der Waals surface area contributed by atoms with Crippen LogP contribution in [0.5, 0.6) is 5.75 Å². The predicted octanol–water partition coefficient (Wildman–Crippen LogP) is 4.86. The number of methoxy groups -OCH3 is 1. The predicted molar refractivity (Wildman–Crippen MR) is 101 cm³/mol. The molecule has 5 heteroatoms. The fourth-order valence-corrected chi connectivity index (χ4v) is 2.84. The van der Waals surface area contributed by atoms with Gasteiger partial charge in [0.15, 0.2) is 0 Å². The van der Waals surface area contributed by atoms with E-state index in [1.807, 2.05) is 24.3 Å². The van der Waals surface area contributed by atoms with Gasteiger partial charge in [0.25, 0.3) is 5.91 Å². The van der Waals surface area contributed by atoms with Gasteiger partial charge in [0, 0.05) is 17.8 Å². The molecule has 0 aliphatic carbocycles. The van der Waals surface area contributed by atoms with Crippen LogP contribution in [0.25, 0.3) is 0 Å². The van der Waals surface area contributed by atoms with Crippen LogP contribution in [0, 0.1) is 11.6 Å². The van der Waals surface area contributed by atoms with Crippen molar-refractivity contribution >= 4 is 11.6 Å². The summed E-state index contributed by atoms with van der Waals surface area (Å²) in [4.78, 5) is 14.4. The quantitative estimate of drug-likeness (QED) is 0.622. The average molecular weight is 367 g/mol. The molecule has 0 spiro atoms. The second-order valence-corrected chi connectivity index (χ2v) is 6.05. The summed E-state index contributed by atoms with van der Waals surface area (Å²) in [6, 6.07) is 18.8. The highest BCUT2D eigenvalue weighted by Crippen LogP contribution is 2.21. The first-order chi connectivity index (χ1) is 13.1. The van der Waals surface area contributed by atoms with Crippen LogP contribution in [0.15, 0.2) is 72.8 Å². The highest BCUT2D eigenvalue weighted by atomic mass is 19.1. The van der Waals surface area contributed by atoms with Crippen molar-refractivity contribution in [3.05, 3.63) is 95.6 Å². The Bertz CT molecular complexity index is 943. The summed E-state index contributed by atoms with van der Waals surface area (Å²) in [5.74, 6) is -0.594. The molecule has 1 amide bonds. The van der Waals surface area contributed by atoms with Crippen LogP contribution < -0.4 is 9.64 Å². The van der Waals surface area contributed by atoms with Gasteiger partial charge in [-0.05, 0) is 60.5 Å². The second kappa shape index (κ2) is 8.45. The lowest BCUT2D eigenvalue weighted by atomic mass is 10.1. The molecule has 3 aromatic rings. The minimum Gasteiger partial charge on any atom is -0.497 e. The van der Waals surface area contributed by atoms with E-state index in [1.165, 1.54) is 35.2 Å². The Morgan fingerprint density at radius 3 is 2.33 bits per heavy atom. The Labute approximate surface area is 156 Å². The molecule has 0 radical (unpaired) electrons. The number of hydrogen-bond acceptors (Lipinski definition) is 2. The van der Waals surface area contributed by atoms with Gasteiger partial charge in [-0.15, -0.1) is 0 Å². The number of benzene rings is 3. The average Bonchev–Trinajstić information content (AvgIpc) is 2.68. The number of ether oxygens (including phenoxy) is 1. The Balaban J connectivity index is 1.88. The molecule has 0 unspecified atom stereocenters. The Morgan fingerprint density at radius 2 is 1.63 bits per heavy atom. The van der Waals surface area contributed by atoms with Gasteiger partial charge in [-0.1, -0.05) is 24.3 Å². The molecule has 0 atom stereocenters. The normalized spacial score (nSPS) is 10.5. The molecule has 0 aromatic heterocycles. The molecule has 0 saturated heterocycles. The van der Waals surface area contributed by atoms with Gasteiger partial charge in [0.05, 0.1) is 7.11 Å². The van der Waals surface area contributed by atoms with Crippen LogP contribution in [0.3, 0.4) is 0 Å². The maximum atomic E-state index is 13.7. The first-order valence-corrected chi connectivity index (χ1v) is 8.53. The van der Waals surface area contributed by atoms with E-state index >= 15 is 0 Å². The van der Waals surface area contributed by atoms with Crippen LogP contribution in [0.1, 0.15) is 15.9 Å². The summed E-state index contributed by atoms with van der Waals surface area (Å²) in [6.07, 6.45) is 0.536. The number of hydrogen-bond donors (Lipinski definition) is 0. The van der Waals surface area contributed by atoms with Crippen molar-refractivity contribution in [3.8, 4) is 5.75 Å². The van der Waals surface area contributed by atoms with Crippen LogP contribution in [-0.2, 0) is 6.42 Å². The third kappa shape index (κ3) is 4.70. The maximum Gasteiger partial charge on any atom is 0.258 e. The van der Waals surface area contributed by atoms with E-state index in [0.717, 1.165) is 11.3 Å². The van der Waals surface area contributed by atoms with Gasteiger partial charge < -0.3 is 9.64 Å². The van der Waals surface area contributed by atoms with Crippen molar-refractivity contribution in [3.63, 3.8) is 0 Å². The standard InChI is InChI=1S/C22H19F2NO2/c1-27-21-10-2-5-16(13-21)11-12-25(20-9-4-8-19(24)15-20)22(26)17-6-3-7-18(23)14-17/h2-10,13-15H,11-12H2,1H3. The first-order valence-electron chi connectivity index (χ1n) is 8.53. The van der Waals surface area contributed by atoms with Crippen LogP contribution >= 0.6 is 0 Å². The summed E-state index contributed by atoms with van der Waals surface area (Å²) in [5.41, 5.74) is 1.61. The van der Waals surface area contributed by atoms with Crippen LogP contribution in [-0.4, -0.2) is 19.6 Å². The zero-order valence-electron chi connectivity index (χ0n) is 14.9. The summed E-state index contributed by atoms with van der Waals surface area (Å²) in [5, 5.41) is 0. The van der Waals surface area contributed by atoms with E-state index in [0.29, 0.717) is 18.7 Å². The lowest BCUT2D eigenvalue weighted by Gasteiger charge is -2.23. The van der Waals surface area contributed by atoms with Gasteiger partial charge in [-0.2, -0.15) is 0 Å². The number of carbonyl (C=O) groups is 1. The van der Waals surface area contributed by atoms with Crippen molar-refractivity contribution < 1.29 is 18.3 Å². The number of halogens is 2. The molecule has 138 valence electrons. The zero-order chi connectivity index (χ0) is 19.2. The molecule has 0 fully saturated rings. The van der Waals surface area contributed by atoms with Crippen LogP contribution in [0.4, 0.5) is 14.5 Å². The number of carbonyl (C=O) groups excluding carboxylic acids is 1. The van der Waals surface area contributed by atoms with E-state index in [2.05, 4.69) is 0 Å². The second-order valence-electron chi connectivity index (χ2n) is 6.05. The van der Waals surface area contributed by atoms with Gasteiger partial charge in [0.2, 0.25) is 0 Å². The van der Waals surface area contributed by atoms with E-state index in [-0.39, 0.29) is 11.5 Å². The minimum atomic E-state index is -0.493. The molecular formula is C22H19F2NO2. The SMILES string of the molecule is COc1cccc(CCN(C(=O)c2cccc(F)c2)c2cccc(F)c2)c1. The Morgan fingerprint density at radius 1 is 0.926 bits per heavy atom. The van der Waals surface area contributed by atoms with Crippen molar-refractivity contribution in [1.29, 1.82) is 0 Å². The molecule has 0 heterocycles. The highest BCUT2D eigenvalue weighted by Gasteiger charge is 2.19.